The lowest BCUT2D eigenvalue weighted by Crippen LogP contribution is -2.41. The van der Waals surface area contributed by atoms with E-state index in [1.807, 2.05) is 0 Å². The Kier molecular flexibility index (Phi) is 3.28. The van der Waals surface area contributed by atoms with Crippen LogP contribution in [0.25, 0.3) is 10.8 Å². The standard InChI is InChI=1S/C21H26/c1-16-19-11-3-2-8-17(19)12-13-20(16)21-14-6-4-9-18(21)10-5-7-15-21/h2-3,8,11-13,18H,4-7,9-10,14-15H2,1H3. The molecular weight excluding hydrogens is 252 g/mol. The molecule has 0 aliphatic heterocycles. The van der Waals surface area contributed by atoms with Gasteiger partial charge in [0.2, 0.25) is 0 Å². The van der Waals surface area contributed by atoms with Gasteiger partial charge in [-0.25, -0.2) is 0 Å². The smallest absolute Gasteiger partial charge is 0.00159 e. The molecule has 0 saturated heterocycles. The zero-order valence-electron chi connectivity index (χ0n) is 13.2. The highest BCUT2D eigenvalue weighted by molar-refractivity contribution is 5.86. The summed E-state index contributed by atoms with van der Waals surface area (Å²) in [6.07, 6.45) is 11.6. The van der Waals surface area contributed by atoms with Gasteiger partial charge in [-0.15, -0.1) is 0 Å². The SMILES string of the molecule is Cc1c(C23CCCCC2CCCC3)ccc2ccccc12. The third kappa shape index (κ3) is 2.03. The van der Waals surface area contributed by atoms with E-state index in [0.29, 0.717) is 5.41 Å². The third-order valence-electron chi connectivity index (χ3n) is 6.37. The first-order valence-electron chi connectivity index (χ1n) is 8.80. The quantitative estimate of drug-likeness (QED) is 0.587. The molecule has 110 valence electrons. The maximum atomic E-state index is 2.47. The highest BCUT2D eigenvalue weighted by Gasteiger charge is 2.44. The molecular formula is C21H26. The average Bonchev–Trinajstić information content (AvgIpc) is 2.55. The summed E-state index contributed by atoms with van der Waals surface area (Å²) >= 11 is 0. The molecule has 0 N–H and O–H groups in total. The van der Waals surface area contributed by atoms with Crippen LogP contribution < -0.4 is 0 Å². The second kappa shape index (κ2) is 5.16. The van der Waals surface area contributed by atoms with Gasteiger partial charge in [0.05, 0.1) is 0 Å². The molecule has 0 spiro atoms. The molecule has 2 fully saturated rings. The Hall–Kier alpha value is -1.30. The van der Waals surface area contributed by atoms with Crippen molar-refractivity contribution in [2.75, 3.05) is 0 Å². The summed E-state index contributed by atoms with van der Waals surface area (Å²) in [7, 11) is 0. The van der Waals surface area contributed by atoms with Crippen LogP contribution in [0.1, 0.15) is 62.5 Å². The van der Waals surface area contributed by atoms with Gasteiger partial charge in [-0.3, -0.25) is 0 Å². The van der Waals surface area contributed by atoms with Gasteiger partial charge in [0.15, 0.2) is 0 Å². The molecule has 0 aromatic heterocycles. The van der Waals surface area contributed by atoms with Crippen LogP contribution in [0.5, 0.6) is 0 Å². The summed E-state index contributed by atoms with van der Waals surface area (Å²) in [6, 6.07) is 13.8. The second-order valence-corrected chi connectivity index (χ2v) is 7.30. The minimum atomic E-state index is 0.505. The first kappa shape index (κ1) is 13.4. The van der Waals surface area contributed by atoms with E-state index in [1.54, 1.807) is 11.1 Å². The number of hydrogen-bond acceptors (Lipinski definition) is 0. The number of hydrogen-bond donors (Lipinski definition) is 0. The van der Waals surface area contributed by atoms with Crippen molar-refractivity contribution in [2.45, 2.75) is 63.7 Å². The largest absolute Gasteiger partial charge is 0.0616 e. The fourth-order valence-electron chi connectivity index (χ4n) is 5.35. The zero-order valence-corrected chi connectivity index (χ0v) is 13.2. The molecule has 0 unspecified atom stereocenters. The maximum absolute atomic E-state index is 2.47. The summed E-state index contributed by atoms with van der Waals surface area (Å²) in [5, 5.41) is 2.87. The van der Waals surface area contributed by atoms with Crippen molar-refractivity contribution in [1.82, 2.24) is 0 Å². The molecule has 2 saturated carbocycles. The topological polar surface area (TPSA) is 0 Å². The van der Waals surface area contributed by atoms with Gasteiger partial charge in [-0.05, 0) is 65.8 Å². The van der Waals surface area contributed by atoms with Gasteiger partial charge < -0.3 is 0 Å². The van der Waals surface area contributed by atoms with Crippen LogP contribution >= 0.6 is 0 Å². The van der Waals surface area contributed by atoms with Crippen molar-refractivity contribution in [3.63, 3.8) is 0 Å². The van der Waals surface area contributed by atoms with Crippen molar-refractivity contribution in [3.8, 4) is 0 Å². The molecule has 2 aromatic carbocycles. The number of rotatable bonds is 1. The van der Waals surface area contributed by atoms with Crippen molar-refractivity contribution in [1.29, 1.82) is 0 Å². The van der Waals surface area contributed by atoms with Crippen molar-refractivity contribution in [2.24, 2.45) is 5.92 Å². The van der Waals surface area contributed by atoms with Gasteiger partial charge in [0.1, 0.15) is 0 Å². The lowest BCUT2D eigenvalue weighted by Gasteiger charge is -2.49. The first-order valence-corrected chi connectivity index (χ1v) is 8.80. The van der Waals surface area contributed by atoms with Crippen LogP contribution in [0, 0.1) is 12.8 Å². The highest BCUT2D eigenvalue weighted by atomic mass is 14.5. The minimum Gasteiger partial charge on any atom is -0.0616 e. The Morgan fingerprint density at radius 3 is 2.33 bits per heavy atom. The van der Waals surface area contributed by atoms with Crippen LogP contribution in [-0.2, 0) is 5.41 Å². The van der Waals surface area contributed by atoms with Gasteiger partial charge in [0.25, 0.3) is 0 Å². The van der Waals surface area contributed by atoms with E-state index in [-0.39, 0.29) is 0 Å². The van der Waals surface area contributed by atoms with E-state index in [9.17, 15) is 0 Å². The molecule has 21 heavy (non-hydrogen) atoms. The molecule has 0 nitrogen and oxygen atoms in total. The minimum absolute atomic E-state index is 0.505. The Morgan fingerprint density at radius 2 is 1.57 bits per heavy atom. The van der Waals surface area contributed by atoms with Gasteiger partial charge in [0, 0.05) is 0 Å². The maximum Gasteiger partial charge on any atom is -0.00159 e. The Bertz CT molecular complexity index is 640. The van der Waals surface area contributed by atoms with Gasteiger partial charge in [-0.1, -0.05) is 62.1 Å². The number of benzene rings is 2. The first-order chi connectivity index (χ1) is 10.3. The Morgan fingerprint density at radius 1 is 0.857 bits per heavy atom. The van der Waals surface area contributed by atoms with Crippen LogP contribution in [0.2, 0.25) is 0 Å². The van der Waals surface area contributed by atoms with E-state index in [4.69, 9.17) is 0 Å². The molecule has 2 aliphatic rings. The van der Waals surface area contributed by atoms with Crippen LogP contribution in [0.3, 0.4) is 0 Å². The summed E-state index contributed by atoms with van der Waals surface area (Å²) in [4.78, 5) is 0. The monoisotopic (exact) mass is 278 g/mol. The fourth-order valence-corrected chi connectivity index (χ4v) is 5.35. The van der Waals surface area contributed by atoms with E-state index in [2.05, 4.69) is 43.3 Å². The van der Waals surface area contributed by atoms with Gasteiger partial charge >= 0.3 is 0 Å². The van der Waals surface area contributed by atoms with E-state index < -0.39 is 0 Å². The highest BCUT2D eigenvalue weighted by Crippen LogP contribution is 2.53. The molecule has 4 rings (SSSR count). The predicted octanol–water partition coefficient (Wildman–Crippen LogP) is 6.15. The van der Waals surface area contributed by atoms with E-state index in [0.717, 1.165) is 5.92 Å². The lowest BCUT2D eigenvalue weighted by atomic mass is 9.56. The summed E-state index contributed by atoms with van der Waals surface area (Å²) in [6.45, 7) is 2.37. The molecule has 0 radical (unpaired) electrons. The van der Waals surface area contributed by atoms with Crippen molar-refractivity contribution >= 4 is 10.8 Å². The van der Waals surface area contributed by atoms with Crippen molar-refractivity contribution < 1.29 is 0 Å². The molecule has 0 bridgehead atoms. The summed E-state index contributed by atoms with van der Waals surface area (Å²) in [5.41, 5.74) is 3.75. The molecule has 0 heterocycles. The molecule has 2 aromatic rings. The van der Waals surface area contributed by atoms with Crippen molar-refractivity contribution in [3.05, 3.63) is 47.5 Å². The molecule has 0 amide bonds. The molecule has 2 aliphatic carbocycles. The molecule has 0 heteroatoms. The van der Waals surface area contributed by atoms with Crippen LogP contribution in [0.4, 0.5) is 0 Å². The Labute approximate surface area is 128 Å². The number of fused-ring (bicyclic) bond motifs is 2. The Balaban J connectivity index is 1.89. The fraction of sp³-hybridized carbons (Fsp3) is 0.524. The van der Waals surface area contributed by atoms with Crippen LogP contribution in [0.15, 0.2) is 36.4 Å². The average molecular weight is 278 g/mol. The summed E-state index contributed by atoms with van der Waals surface area (Å²) < 4.78 is 0. The predicted molar refractivity (Wildman–Crippen MR) is 90.8 cm³/mol. The third-order valence-corrected chi connectivity index (χ3v) is 6.37. The molecule has 0 atom stereocenters. The van der Waals surface area contributed by atoms with Gasteiger partial charge in [-0.2, -0.15) is 0 Å². The van der Waals surface area contributed by atoms with Crippen LogP contribution in [-0.4, -0.2) is 0 Å². The zero-order chi connectivity index (χ0) is 14.3. The van der Waals surface area contributed by atoms with E-state index in [1.165, 1.54) is 62.1 Å². The van der Waals surface area contributed by atoms with E-state index >= 15 is 0 Å². The second-order valence-electron chi connectivity index (χ2n) is 7.30. The number of aryl methyl sites for hydroxylation is 1. The lowest BCUT2D eigenvalue weighted by molar-refractivity contribution is 0.123. The summed E-state index contributed by atoms with van der Waals surface area (Å²) in [5.74, 6) is 0.944. The normalized spacial score (nSPS) is 29.3.